The SMILES string of the molecule is CCOP(=O)(CC[C@H](O)[C@H]1[C@H]2CC[C@@H]3[C@H]2C(C)(C)CCC[C@]13C)OCC. The number of rotatable bonds is 8. The summed E-state index contributed by atoms with van der Waals surface area (Å²) in [5.74, 6) is 2.44. The van der Waals surface area contributed by atoms with Crippen molar-refractivity contribution in [2.24, 2.45) is 34.5 Å². The lowest BCUT2D eigenvalue weighted by Gasteiger charge is -2.44. The van der Waals surface area contributed by atoms with Crippen molar-refractivity contribution in [1.29, 1.82) is 0 Å². The summed E-state index contributed by atoms with van der Waals surface area (Å²) in [6.45, 7) is 11.8. The van der Waals surface area contributed by atoms with E-state index in [0.29, 0.717) is 43.0 Å². The number of hydrogen-bond donors (Lipinski definition) is 1. The van der Waals surface area contributed by atoms with E-state index >= 15 is 0 Å². The van der Waals surface area contributed by atoms with Gasteiger partial charge in [-0.3, -0.25) is 4.57 Å². The molecule has 3 rings (SSSR count). The minimum absolute atomic E-state index is 0.238. The van der Waals surface area contributed by atoms with Gasteiger partial charge in [-0.05, 0) is 80.5 Å². The Morgan fingerprint density at radius 2 is 1.77 bits per heavy atom. The third kappa shape index (κ3) is 3.45. The Labute approximate surface area is 160 Å². The van der Waals surface area contributed by atoms with Gasteiger partial charge in [0.2, 0.25) is 0 Å². The molecule has 0 aromatic carbocycles. The molecule has 4 bridgehead atoms. The van der Waals surface area contributed by atoms with Gasteiger partial charge in [0.15, 0.2) is 0 Å². The van der Waals surface area contributed by atoms with E-state index in [9.17, 15) is 9.67 Å². The minimum atomic E-state index is -3.07. The van der Waals surface area contributed by atoms with Crippen LogP contribution in [-0.2, 0) is 13.6 Å². The highest BCUT2D eigenvalue weighted by molar-refractivity contribution is 7.53. The zero-order chi connectivity index (χ0) is 19.2. The summed E-state index contributed by atoms with van der Waals surface area (Å²) >= 11 is 0. The Morgan fingerprint density at radius 1 is 1.12 bits per heavy atom. The van der Waals surface area contributed by atoms with E-state index in [0.717, 1.165) is 11.8 Å². The molecule has 3 fully saturated rings. The van der Waals surface area contributed by atoms with Crippen LogP contribution in [0.4, 0.5) is 0 Å². The fourth-order valence-corrected chi connectivity index (χ4v) is 8.93. The second kappa shape index (κ2) is 7.50. The largest absolute Gasteiger partial charge is 0.393 e. The summed E-state index contributed by atoms with van der Waals surface area (Å²) in [6, 6.07) is 0. The summed E-state index contributed by atoms with van der Waals surface area (Å²) in [6.07, 6.45) is 6.84. The van der Waals surface area contributed by atoms with Crippen molar-refractivity contribution in [3.05, 3.63) is 0 Å². The maximum atomic E-state index is 12.8. The maximum absolute atomic E-state index is 12.8. The summed E-state index contributed by atoms with van der Waals surface area (Å²) in [4.78, 5) is 0. The van der Waals surface area contributed by atoms with Crippen LogP contribution in [0.15, 0.2) is 0 Å². The van der Waals surface area contributed by atoms with Gasteiger partial charge >= 0.3 is 7.60 Å². The van der Waals surface area contributed by atoms with E-state index in [2.05, 4.69) is 20.8 Å². The lowest BCUT2D eigenvalue weighted by molar-refractivity contribution is -0.0230. The zero-order valence-electron chi connectivity index (χ0n) is 17.4. The molecule has 0 spiro atoms. The minimum Gasteiger partial charge on any atom is -0.393 e. The molecule has 0 radical (unpaired) electrons. The van der Waals surface area contributed by atoms with Gasteiger partial charge in [0, 0.05) is 0 Å². The molecule has 3 aliphatic rings. The van der Waals surface area contributed by atoms with Crippen molar-refractivity contribution in [3.63, 3.8) is 0 Å². The van der Waals surface area contributed by atoms with Crippen LogP contribution < -0.4 is 0 Å². The maximum Gasteiger partial charge on any atom is 0.330 e. The van der Waals surface area contributed by atoms with Crippen LogP contribution in [-0.4, -0.2) is 30.6 Å². The molecular weight excluding hydrogens is 347 g/mol. The molecule has 0 unspecified atom stereocenters. The molecule has 3 aliphatic carbocycles. The van der Waals surface area contributed by atoms with E-state index in [1.807, 2.05) is 13.8 Å². The van der Waals surface area contributed by atoms with Crippen molar-refractivity contribution in [2.75, 3.05) is 19.4 Å². The lowest BCUT2D eigenvalue weighted by Crippen LogP contribution is -2.41. The quantitative estimate of drug-likeness (QED) is 0.560. The molecule has 0 aliphatic heterocycles. The van der Waals surface area contributed by atoms with Crippen LogP contribution in [0.2, 0.25) is 0 Å². The fourth-order valence-electron chi connectivity index (χ4n) is 7.23. The van der Waals surface area contributed by atoms with Crippen molar-refractivity contribution in [2.45, 2.75) is 79.2 Å². The van der Waals surface area contributed by atoms with Crippen LogP contribution in [0.5, 0.6) is 0 Å². The van der Waals surface area contributed by atoms with Crippen LogP contribution in [0.1, 0.15) is 73.1 Å². The van der Waals surface area contributed by atoms with Gasteiger partial charge in [0.25, 0.3) is 0 Å². The van der Waals surface area contributed by atoms with E-state index in [4.69, 9.17) is 9.05 Å². The monoisotopic (exact) mass is 386 g/mol. The van der Waals surface area contributed by atoms with Gasteiger partial charge in [-0.1, -0.05) is 27.2 Å². The topological polar surface area (TPSA) is 55.8 Å². The fraction of sp³-hybridized carbons (Fsp3) is 1.00. The predicted octanol–water partition coefficient (Wildman–Crippen LogP) is 5.49. The second-order valence-electron chi connectivity index (χ2n) is 9.77. The Hall–Kier alpha value is 0.110. The first-order valence-electron chi connectivity index (χ1n) is 10.7. The van der Waals surface area contributed by atoms with Crippen LogP contribution >= 0.6 is 7.60 Å². The molecule has 26 heavy (non-hydrogen) atoms. The standard InChI is InChI=1S/C21H39O4P/c1-6-24-26(23,25-7-2)14-11-17(22)19-15-9-10-16-18(15)20(3,4)12-8-13-21(16,19)5/h15-19,22H,6-14H2,1-5H3/t15-,16+,17-,18-,19+,21-/m0/s1. The Morgan fingerprint density at radius 3 is 2.38 bits per heavy atom. The van der Waals surface area contributed by atoms with Crippen molar-refractivity contribution in [1.82, 2.24) is 0 Å². The average Bonchev–Trinajstić information content (AvgIpc) is 3.05. The van der Waals surface area contributed by atoms with Gasteiger partial charge in [-0.2, -0.15) is 0 Å². The first-order chi connectivity index (χ1) is 12.2. The van der Waals surface area contributed by atoms with Crippen molar-refractivity contribution < 1.29 is 18.7 Å². The van der Waals surface area contributed by atoms with E-state index in [1.54, 1.807) is 0 Å². The molecule has 0 amide bonds. The number of aliphatic hydroxyl groups excluding tert-OH is 1. The second-order valence-corrected chi connectivity index (χ2v) is 12.0. The smallest absolute Gasteiger partial charge is 0.330 e. The summed E-state index contributed by atoms with van der Waals surface area (Å²) < 4.78 is 23.7. The molecule has 0 heterocycles. The first-order valence-corrected chi connectivity index (χ1v) is 12.5. The molecule has 3 saturated carbocycles. The van der Waals surface area contributed by atoms with E-state index < -0.39 is 13.7 Å². The summed E-state index contributed by atoms with van der Waals surface area (Å²) in [7, 11) is -3.07. The highest BCUT2D eigenvalue weighted by Crippen LogP contribution is 2.71. The van der Waals surface area contributed by atoms with Crippen LogP contribution in [0.3, 0.4) is 0 Å². The van der Waals surface area contributed by atoms with Crippen molar-refractivity contribution >= 4 is 7.60 Å². The van der Waals surface area contributed by atoms with Gasteiger partial charge < -0.3 is 14.2 Å². The molecule has 1 N–H and O–H groups in total. The molecule has 6 atom stereocenters. The Balaban J connectivity index is 1.76. The number of hydrogen-bond acceptors (Lipinski definition) is 4. The van der Waals surface area contributed by atoms with E-state index in [1.165, 1.54) is 32.1 Å². The molecular formula is C21H39O4P. The molecule has 152 valence electrons. The molecule has 5 heteroatoms. The van der Waals surface area contributed by atoms with Crippen LogP contribution in [0.25, 0.3) is 0 Å². The lowest BCUT2D eigenvalue weighted by atomic mass is 9.62. The predicted molar refractivity (Wildman–Crippen MR) is 105 cm³/mol. The third-order valence-electron chi connectivity index (χ3n) is 7.98. The zero-order valence-corrected chi connectivity index (χ0v) is 18.3. The summed E-state index contributed by atoms with van der Waals surface area (Å²) in [5, 5.41) is 11.2. The van der Waals surface area contributed by atoms with Gasteiger partial charge in [0.1, 0.15) is 0 Å². The molecule has 0 aromatic heterocycles. The van der Waals surface area contributed by atoms with Gasteiger partial charge in [-0.15, -0.1) is 0 Å². The van der Waals surface area contributed by atoms with Gasteiger partial charge in [-0.25, -0.2) is 0 Å². The highest BCUT2D eigenvalue weighted by atomic mass is 31.2. The Bertz CT molecular complexity index is 538. The highest BCUT2D eigenvalue weighted by Gasteiger charge is 2.66. The van der Waals surface area contributed by atoms with Crippen LogP contribution in [0, 0.1) is 34.5 Å². The summed E-state index contributed by atoms with van der Waals surface area (Å²) in [5.41, 5.74) is 0.617. The van der Waals surface area contributed by atoms with Gasteiger partial charge in [0.05, 0.1) is 25.5 Å². The Kier molecular flexibility index (Phi) is 6.01. The average molecular weight is 387 g/mol. The number of aliphatic hydroxyl groups is 1. The van der Waals surface area contributed by atoms with E-state index in [-0.39, 0.29) is 5.41 Å². The first kappa shape index (κ1) is 20.8. The molecule has 0 aromatic rings. The third-order valence-corrected chi connectivity index (χ3v) is 10.1. The molecule has 0 saturated heterocycles. The normalized spacial score (nSPS) is 39.8. The molecule has 4 nitrogen and oxygen atoms in total. The van der Waals surface area contributed by atoms with Crippen molar-refractivity contribution in [3.8, 4) is 0 Å².